The highest BCUT2D eigenvalue weighted by atomic mass is 32.1. The largest absolute Gasteiger partial charge is 0.349 e. The average molecular weight is 207 g/mol. The van der Waals surface area contributed by atoms with Crippen LogP contribution in [-0.4, -0.2) is 16.6 Å². The molecule has 0 unspecified atom stereocenters. The summed E-state index contributed by atoms with van der Waals surface area (Å²) in [7, 11) is 1.96. The van der Waals surface area contributed by atoms with Gasteiger partial charge in [0.2, 0.25) is 0 Å². The van der Waals surface area contributed by atoms with Crippen LogP contribution in [0.25, 0.3) is 0 Å². The lowest BCUT2D eigenvalue weighted by molar-refractivity contribution is 0.788. The summed E-state index contributed by atoms with van der Waals surface area (Å²) in [6.45, 7) is 1.85. The lowest BCUT2D eigenvalue weighted by atomic mass is 10.3. The van der Waals surface area contributed by atoms with Gasteiger partial charge < -0.3 is 9.88 Å². The van der Waals surface area contributed by atoms with Crippen LogP contribution in [0, 0.1) is 0 Å². The Hall–Kier alpha value is -1.13. The van der Waals surface area contributed by atoms with Crippen molar-refractivity contribution >= 4 is 11.3 Å². The van der Waals surface area contributed by atoms with Crippen LogP contribution in [-0.2, 0) is 13.1 Å². The van der Waals surface area contributed by atoms with Crippen LogP contribution in [0.1, 0.15) is 10.4 Å². The van der Waals surface area contributed by atoms with E-state index in [1.165, 1.54) is 10.4 Å². The maximum Gasteiger partial charge on any atom is 0.0794 e. The second-order valence-corrected chi connectivity index (χ2v) is 4.16. The van der Waals surface area contributed by atoms with Crippen molar-refractivity contribution in [1.29, 1.82) is 0 Å². The Morgan fingerprint density at radius 3 is 3.21 bits per heavy atom. The summed E-state index contributed by atoms with van der Waals surface area (Å²) < 4.78 is 2.18. The van der Waals surface area contributed by atoms with E-state index in [0.29, 0.717) is 0 Å². The SMILES string of the molecule is CNCc1ccn(Cc2cncs2)c1. The van der Waals surface area contributed by atoms with Crippen LogP contribution >= 0.6 is 11.3 Å². The molecule has 2 aromatic rings. The van der Waals surface area contributed by atoms with Crippen molar-refractivity contribution in [1.82, 2.24) is 14.9 Å². The van der Waals surface area contributed by atoms with Gasteiger partial charge in [-0.05, 0) is 18.7 Å². The molecule has 1 N–H and O–H groups in total. The third kappa shape index (κ3) is 2.21. The van der Waals surface area contributed by atoms with Crippen molar-refractivity contribution in [3.05, 3.63) is 40.6 Å². The summed E-state index contributed by atoms with van der Waals surface area (Å²) >= 11 is 1.69. The molecule has 0 aliphatic carbocycles. The Balaban J connectivity index is 2.03. The van der Waals surface area contributed by atoms with Gasteiger partial charge in [0.15, 0.2) is 0 Å². The second-order valence-electron chi connectivity index (χ2n) is 3.19. The van der Waals surface area contributed by atoms with E-state index in [2.05, 4.69) is 33.3 Å². The monoisotopic (exact) mass is 207 g/mol. The zero-order chi connectivity index (χ0) is 9.80. The molecular weight excluding hydrogens is 194 g/mol. The van der Waals surface area contributed by atoms with Crippen molar-refractivity contribution in [3.8, 4) is 0 Å². The number of aromatic nitrogens is 2. The first-order chi connectivity index (χ1) is 6.88. The maximum atomic E-state index is 4.05. The Morgan fingerprint density at radius 1 is 1.57 bits per heavy atom. The second kappa shape index (κ2) is 4.39. The zero-order valence-electron chi connectivity index (χ0n) is 8.10. The first kappa shape index (κ1) is 9.43. The molecule has 0 aromatic carbocycles. The molecule has 2 heterocycles. The fourth-order valence-electron chi connectivity index (χ4n) is 1.40. The minimum atomic E-state index is 0.925. The van der Waals surface area contributed by atoms with Crippen molar-refractivity contribution in [2.24, 2.45) is 0 Å². The molecule has 0 bridgehead atoms. The number of hydrogen-bond acceptors (Lipinski definition) is 3. The normalized spacial score (nSPS) is 10.6. The van der Waals surface area contributed by atoms with Crippen molar-refractivity contribution in [2.45, 2.75) is 13.1 Å². The highest BCUT2D eigenvalue weighted by Crippen LogP contribution is 2.09. The van der Waals surface area contributed by atoms with E-state index in [-0.39, 0.29) is 0 Å². The summed E-state index contributed by atoms with van der Waals surface area (Å²) in [6, 6.07) is 2.14. The highest BCUT2D eigenvalue weighted by molar-refractivity contribution is 7.09. The van der Waals surface area contributed by atoms with Gasteiger partial charge in [0.25, 0.3) is 0 Å². The minimum absolute atomic E-state index is 0.925. The summed E-state index contributed by atoms with van der Waals surface area (Å²) in [4.78, 5) is 5.34. The molecule has 0 atom stereocenters. The van der Waals surface area contributed by atoms with Crippen LogP contribution in [0.2, 0.25) is 0 Å². The molecule has 0 radical (unpaired) electrons. The molecule has 0 spiro atoms. The van der Waals surface area contributed by atoms with E-state index in [1.807, 2.05) is 18.8 Å². The van der Waals surface area contributed by atoms with Gasteiger partial charge in [-0.2, -0.15) is 0 Å². The molecule has 2 rings (SSSR count). The molecule has 14 heavy (non-hydrogen) atoms. The van der Waals surface area contributed by atoms with Gasteiger partial charge >= 0.3 is 0 Å². The van der Waals surface area contributed by atoms with Crippen molar-refractivity contribution in [2.75, 3.05) is 7.05 Å². The fourth-order valence-corrected chi connectivity index (χ4v) is 2.00. The number of hydrogen-bond donors (Lipinski definition) is 1. The summed E-state index contributed by atoms with van der Waals surface area (Å²) in [5.74, 6) is 0. The minimum Gasteiger partial charge on any atom is -0.349 e. The summed E-state index contributed by atoms with van der Waals surface area (Å²) in [6.07, 6.45) is 6.19. The molecule has 3 nitrogen and oxygen atoms in total. The number of thiazole rings is 1. The van der Waals surface area contributed by atoms with Crippen LogP contribution in [0.3, 0.4) is 0 Å². The molecule has 0 aliphatic rings. The summed E-state index contributed by atoms with van der Waals surface area (Å²) in [5, 5.41) is 3.13. The molecule has 2 aromatic heterocycles. The number of nitrogens with zero attached hydrogens (tertiary/aromatic N) is 2. The standard InChI is InChI=1S/C10H13N3S/c1-11-4-9-2-3-13(6-9)7-10-5-12-8-14-10/h2-3,5-6,8,11H,4,7H2,1H3. The van der Waals surface area contributed by atoms with E-state index in [4.69, 9.17) is 0 Å². The smallest absolute Gasteiger partial charge is 0.0794 e. The van der Waals surface area contributed by atoms with Crippen LogP contribution in [0.4, 0.5) is 0 Å². The zero-order valence-corrected chi connectivity index (χ0v) is 8.92. The van der Waals surface area contributed by atoms with E-state index in [0.717, 1.165) is 13.1 Å². The molecule has 0 fully saturated rings. The van der Waals surface area contributed by atoms with E-state index in [9.17, 15) is 0 Å². The van der Waals surface area contributed by atoms with Gasteiger partial charge in [0.1, 0.15) is 0 Å². The first-order valence-corrected chi connectivity index (χ1v) is 5.43. The van der Waals surface area contributed by atoms with Gasteiger partial charge in [0, 0.05) is 30.0 Å². The number of nitrogens with one attached hydrogen (secondary N) is 1. The van der Waals surface area contributed by atoms with Gasteiger partial charge in [-0.3, -0.25) is 4.98 Å². The molecule has 4 heteroatoms. The molecule has 0 saturated carbocycles. The highest BCUT2D eigenvalue weighted by Gasteiger charge is 1.98. The van der Waals surface area contributed by atoms with Crippen LogP contribution in [0.15, 0.2) is 30.2 Å². The van der Waals surface area contributed by atoms with E-state index in [1.54, 1.807) is 11.3 Å². The van der Waals surface area contributed by atoms with Gasteiger partial charge in [-0.15, -0.1) is 11.3 Å². The van der Waals surface area contributed by atoms with Crippen LogP contribution in [0.5, 0.6) is 0 Å². The third-order valence-electron chi connectivity index (χ3n) is 2.01. The maximum absolute atomic E-state index is 4.05. The quantitative estimate of drug-likeness (QED) is 0.827. The van der Waals surface area contributed by atoms with E-state index < -0.39 is 0 Å². The van der Waals surface area contributed by atoms with Crippen molar-refractivity contribution in [3.63, 3.8) is 0 Å². The van der Waals surface area contributed by atoms with Gasteiger partial charge in [-0.1, -0.05) is 0 Å². The predicted octanol–water partition coefficient (Wildman–Crippen LogP) is 1.71. The first-order valence-electron chi connectivity index (χ1n) is 4.55. The third-order valence-corrected chi connectivity index (χ3v) is 2.78. The molecule has 0 amide bonds. The van der Waals surface area contributed by atoms with E-state index >= 15 is 0 Å². The Labute approximate surface area is 87.4 Å². The molecule has 0 saturated heterocycles. The molecule has 0 aliphatic heterocycles. The van der Waals surface area contributed by atoms with Gasteiger partial charge in [0.05, 0.1) is 12.1 Å². The predicted molar refractivity (Wildman–Crippen MR) is 58.4 cm³/mol. The lowest BCUT2D eigenvalue weighted by Gasteiger charge is -1.98. The van der Waals surface area contributed by atoms with Gasteiger partial charge in [-0.25, -0.2) is 0 Å². The van der Waals surface area contributed by atoms with Crippen molar-refractivity contribution < 1.29 is 0 Å². The summed E-state index contributed by atoms with van der Waals surface area (Å²) in [5.41, 5.74) is 3.19. The average Bonchev–Trinajstić information content (AvgIpc) is 2.79. The van der Waals surface area contributed by atoms with Crippen LogP contribution < -0.4 is 5.32 Å². The number of rotatable bonds is 4. The Morgan fingerprint density at radius 2 is 2.50 bits per heavy atom. The molecule has 74 valence electrons. The Bertz CT molecular complexity index is 378. The Kier molecular flexibility index (Phi) is 2.96. The fraction of sp³-hybridized carbons (Fsp3) is 0.300. The topological polar surface area (TPSA) is 29.9 Å². The lowest BCUT2D eigenvalue weighted by Crippen LogP contribution is -2.04. The molecular formula is C10H13N3S.